The molecule has 0 saturated carbocycles. The second-order valence-electron chi connectivity index (χ2n) is 5.20. The summed E-state index contributed by atoms with van der Waals surface area (Å²) in [7, 11) is 0. The van der Waals surface area contributed by atoms with Crippen molar-refractivity contribution in [1.29, 1.82) is 0 Å². The number of anilines is 2. The summed E-state index contributed by atoms with van der Waals surface area (Å²) >= 11 is 0. The van der Waals surface area contributed by atoms with Gasteiger partial charge >= 0.3 is 0 Å². The predicted molar refractivity (Wildman–Crippen MR) is 82.9 cm³/mol. The summed E-state index contributed by atoms with van der Waals surface area (Å²) < 4.78 is 0. The molecule has 0 spiro atoms. The van der Waals surface area contributed by atoms with Crippen LogP contribution in [0.1, 0.15) is 52.5 Å². The predicted octanol–water partition coefficient (Wildman–Crippen LogP) is 3.62. The number of hydrogen-bond acceptors (Lipinski definition) is 4. The van der Waals surface area contributed by atoms with E-state index in [1.54, 1.807) is 6.33 Å². The maximum absolute atomic E-state index is 4.50. The summed E-state index contributed by atoms with van der Waals surface area (Å²) in [6, 6.07) is 0.458. The fraction of sp³-hybridized carbons (Fsp3) is 0.733. The molecule has 1 aromatic heterocycles. The summed E-state index contributed by atoms with van der Waals surface area (Å²) in [5, 5.41) is 3.30. The summed E-state index contributed by atoms with van der Waals surface area (Å²) in [5.41, 5.74) is 1.15. The zero-order valence-electron chi connectivity index (χ0n) is 13.0. The highest BCUT2D eigenvalue weighted by Gasteiger charge is 2.16. The maximum atomic E-state index is 4.50. The van der Waals surface area contributed by atoms with Gasteiger partial charge in [-0.05, 0) is 34.1 Å². The fourth-order valence-corrected chi connectivity index (χ4v) is 2.22. The minimum atomic E-state index is 0.458. The van der Waals surface area contributed by atoms with Gasteiger partial charge in [-0.25, -0.2) is 9.97 Å². The first-order valence-corrected chi connectivity index (χ1v) is 7.43. The van der Waals surface area contributed by atoms with E-state index in [9.17, 15) is 0 Å². The lowest BCUT2D eigenvalue weighted by molar-refractivity contribution is 0.618. The van der Waals surface area contributed by atoms with Crippen LogP contribution in [-0.4, -0.2) is 29.1 Å². The van der Waals surface area contributed by atoms with Crippen molar-refractivity contribution in [2.24, 2.45) is 0 Å². The van der Waals surface area contributed by atoms with Crippen molar-refractivity contribution in [2.45, 2.75) is 59.9 Å². The Morgan fingerprint density at radius 3 is 2.53 bits per heavy atom. The first-order valence-electron chi connectivity index (χ1n) is 7.43. The Balaban J connectivity index is 2.92. The molecule has 1 N–H and O–H groups in total. The van der Waals surface area contributed by atoms with E-state index in [1.807, 2.05) is 0 Å². The number of nitrogens with one attached hydrogen (secondary N) is 1. The molecule has 1 rings (SSSR count). The van der Waals surface area contributed by atoms with Crippen molar-refractivity contribution in [2.75, 3.05) is 23.3 Å². The number of nitrogens with zero attached hydrogens (tertiary/aromatic N) is 3. The maximum Gasteiger partial charge on any atom is 0.137 e. The summed E-state index contributed by atoms with van der Waals surface area (Å²) in [6.07, 6.45) is 5.40. The van der Waals surface area contributed by atoms with E-state index in [1.165, 1.54) is 19.3 Å². The van der Waals surface area contributed by atoms with Gasteiger partial charge in [0.1, 0.15) is 18.0 Å². The van der Waals surface area contributed by atoms with Gasteiger partial charge in [0, 0.05) is 24.7 Å². The van der Waals surface area contributed by atoms with Crippen LogP contribution in [-0.2, 0) is 0 Å². The van der Waals surface area contributed by atoms with Crippen LogP contribution < -0.4 is 10.2 Å². The Kier molecular flexibility index (Phi) is 6.60. The Morgan fingerprint density at radius 1 is 1.21 bits per heavy atom. The molecule has 0 aromatic carbocycles. The van der Waals surface area contributed by atoms with E-state index in [2.05, 4.69) is 54.8 Å². The van der Waals surface area contributed by atoms with E-state index in [-0.39, 0.29) is 0 Å². The Hall–Kier alpha value is -1.32. The molecule has 0 radical (unpaired) electrons. The standard InChI is InChI=1S/C15H28N4/c1-6-8-9-10-19(12(3)4)15-13(5)14(16-7-2)17-11-18-15/h11-12H,6-10H2,1-5H3,(H,16,17,18). The van der Waals surface area contributed by atoms with Crippen LogP contribution in [0.2, 0.25) is 0 Å². The zero-order valence-corrected chi connectivity index (χ0v) is 13.0. The molecule has 0 aliphatic heterocycles. The van der Waals surface area contributed by atoms with Crippen molar-refractivity contribution >= 4 is 11.6 Å². The molecular weight excluding hydrogens is 236 g/mol. The van der Waals surface area contributed by atoms with Crippen molar-refractivity contribution < 1.29 is 0 Å². The average Bonchev–Trinajstić information content (AvgIpc) is 2.38. The molecule has 19 heavy (non-hydrogen) atoms. The van der Waals surface area contributed by atoms with Gasteiger partial charge in [0.2, 0.25) is 0 Å². The van der Waals surface area contributed by atoms with E-state index in [0.29, 0.717) is 6.04 Å². The monoisotopic (exact) mass is 264 g/mol. The smallest absolute Gasteiger partial charge is 0.137 e. The van der Waals surface area contributed by atoms with E-state index in [0.717, 1.165) is 30.3 Å². The minimum absolute atomic E-state index is 0.458. The SMILES string of the molecule is CCCCCN(c1ncnc(NCC)c1C)C(C)C. The minimum Gasteiger partial charge on any atom is -0.370 e. The van der Waals surface area contributed by atoms with Crippen molar-refractivity contribution in [3.05, 3.63) is 11.9 Å². The third-order valence-electron chi connectivity index (χ3n) is 3.30. The van der Waals surface area contributed by atoms with Gasteiger partial charge < -0.3 is 10.2 Å². The Bertz CT molecular complexity index is 376. The Labute approximate surface area is 117 Å². The second kappa shape index (κ2) is 7.97. The molecule has 0 aliphatic rings. The van der Waals surface area contributed by atoms with Crippen molar-refractivity contribution in [3.8, 4) is 0 Å². The third kappa shape index (κ3) is 4.37. The summed E-state index contributed by atoms with van der Waals surface area (Å²) in [4.78, 5) is 11.2. The highest BCUT2D eigenvalue weighted by Crippen LogP contribution is 2.24. The lowest BCUT2D eigenvalue weighted by Gasteiger charge is -2.29. The topological polar surface area (TPSA) is 41.1 Å². The number of unbranched alkanes of at least 4 members (excludes halogenated alkanes) is 2. The lowest BCUT2D eigenvalue weighted by atomic mass is 10.2. The molecule has 0 bridgehead atoms. The highest BCUT2D eigenvalue weighted by atomic mass is 15.2. The fourth-order valence-electron chi connectivity index (χ4n) is 2.22. The molecular formula is C15H28N4. The van der Waals surface area contributed by atoms with Crippen LogP contribution in [0.5, 0.6) is 0 Å². The van der Waals surface area contributed by atoms with Gasteiger partial charge in [-0.15, -0.1) is 0 Å². The third-order valence-corrected chi connectivity index (χ3v) is 3.30. The van der Waals surface area contributed by atoms with Crippen LogP contribution in [0.3, 0.4) is 0 Å². The molecule has 1 aromatic rings. The van der Waals surface area contributed by atoms with Crippen LogP contribution in [0, 0.1) is 6.92 Å². The number of hydrogen-bond donors (Lipinski definition) is 1. The Morgan fingerprint density at radius 2 is 1.95 bits per heavy atom. The quantitative estimate of drug-likeness (QED) is 0.728. The first kappa shape index (κ1) is 15.7. The van der Waals surface area contributed by atoms with Crippen molar-refractivity contribution in [1.82, 2.24) is 9.97 Å². The van der Waals surface area contributed by atoms with Crippen LogP contribution in [0.4, 0.5) is 11.6 Å². The zero-order chi connectivity index (χ0) is 14.3. The van der Waals surface area contributed by atoms with Gasteiger partial charge in [0.25, 0.3) is 0 Å². The van der Waals surface area contributed by atoms with Gasteiger partial charge in [-0.2, -0.15) is 0 Å². The summed E-state index contributed by atoms with van der Waals surface area (Å²) in [6.45, 7) is 12.8. The van der Waals surface area contributed by atoms with Gasteiger partial charge in [0.05, 0.1) is 0 Å². The molecule has 0 unspecified atom stereocenters. The lowest BCUT2D eigenvalue weighted by Crippen LogP contribution is -2.33. The van der Waals surface area contributed by atoms with Crippen molar-refractivity contribution in [3.63, 3.8) is 0 Å². The van der Waals surface area contributed by atoms with E-state index >= 15 is 0 Å². The first-order chi connectivity index (χ1) is 9.11. The molecule has 4 heteroatoms. The van der Waals surface area contributed by atoms with E-state index in [4.69, 9.17) is 0 Å². The van der Waals surface area contributed by atoms with Crippen LogP contribution in [0.25, 0.3) is 0 Å². The molecule has 108 valence electrons. The van der Waals surface area contributed by atoms with Gasteiger partial charge in [0.15, 0.2) is 0 Å². The molecule has 0 amide bonds. The van der Waals surface area contributed by atoms with Crippen LogP contribution >= 0.6 is 0 Å². The second-order valence-corrected chi connectivity index (χ2v) is 5.20. The number of aromatic nitrogens is 2. The molecule has 0 aliphatic carbocycles. The normalized spacial score (nSPS) is 10.8. The number of rotatable bonds is 8. The molecule has 1 heterocycles. The molecule has 4 nitrogen and oxygen atoms in total. The van der Waals surface area contributed by atoms with E-state index < -0.39 is 0 Å². The molecule has 0 atom stereocenters. The summed E-state index contributed by atoms with van der Waals surface area (Å²) in [5.74, 6) is 2.02. The van der Waals surface area contributed by atoms with Gasteiger partial charge in [-0.3, -0.25) is 0 Å². The average molecular weight is 264 g/mol. The largest absolute Gasteiger partial charge is 0.370 e. The molecule has 0 saturated heterocycles. The van der Waals surface area contributed by atoms with Crippen LogP contribution in [0.15, 0.2) is 6.33 Å². The van der Waals surface area contributed by atoms with Gasteiger partial charge in [-0.1, -0.05) is 19.8 Å². The molecule has 0 fully saturated rings. The highest BCUT2D eigenvalue weighted by molar-refractivity contribution is 5.58.